The van der Waals surface area contributed by atoms with E-state index in [1.807, 2.05) is 6.92 Å². The zero-order valence-electron chi connectivity index (χ0n) is 14.9. The highest BCUT2D eigenvalue weighted by atomic mass is 32.2. The fourth-order valence-electron chi connectivity index (χ4n) is 3.03. The van der Waals surface area contributed by atoms with Crippen molar-refractivity contribution in [2.24, 2.45) is 0 Å². The molecular weight excluding hydrogens is 338 g/mol. The average molecular weight is 365 g/mol. The van der Waals surface area contributed by atoms with E-state index in [0.717, 1.165) is 17.9 Å². The highest BCUT2D eigenvalue weighted by Gasteiger charge is 2.18. The third-order valence-electron chi connectivity index (χ3n) is 4.59. The van der Waals surface area contributed by atoms with Crippen molar-refractivity contribution < 1.29 is 9.72 Å². The summed E-state index contributed by atoms with van der Waals surface area (Å²) in [5.41, 5.74) is 0.0633. The van der Waals surface area contributed by atoms with E-state index in [2.05, 4.69) is 17.1 Å². The molecule has 1 aromatic carbocycles. The molecular formula is C18H27N3O3S. The van der Waals surface area contributed by atoms with Crippen LogP contribution in [0.3, 0.4) is 0 Å². The minimum absolute atomic E-state index is 0.00930. The fourth-order valence-corrected chi connectivity index (χ4v) is 3.92. The molecule has 1 heterocycles. The predicted molar refractivity (Wildman–Crippen MR) is 101 cm³/mol. The van der Waals surface area contributed by atoms with Crippen LogP contribution in [0.15, 0.2) is 29.2 Å². The summed E-state index contributed by atoms with van der Waals surface area (Å²) in [6.45, 7) is 7.02. The maximum Gasteiger partial charge on any atom is 0.269 e. The third-order valence-corrected chi connectivity index (χ3v) is 5.70. The number of hydrogen-bond donors (Lipinski definition) is 1. The van der Waals surface area contributed by atoms with Crippen LogP contribution in [0.5, 0.6) is 0 Å². The molecule has 7 heteroatoms. The minimum atomic E-state index is -0.423. The maximum absolute atomic E-state index is 12.2. The highest BCUT2D eigenvalue weighted by Crippen LogP contribution is 2.25. The van der Waals surface area contributed by atoms with Gasteiger partial charge in [-0.05, 0) is 51.8 Å². The fraction of sp³-hybridized carbons (Fsp3) is 0.611. The number of carbonyl (C=O) groups excluding carboxylic acids is 1. The number of piperidine rings is 1. The van der Waals surface area contributed by atoms with Crippen LogP contribution in [0, 0.1) is 10.1 Å². The number of thioether (sulfide) groups is 1. The van der Waals surface area contributed by atoms with Crippen LogP contribution < -0.4 is 5.32 Å². The maximum atomic E-state index is 12.2. The van der Waals surface area contributed by atoms with E-state index in [1.54, 1.807) is 12.1 Å². The lowest BCUT2D eigenvalue weighted by Gasteiger charge is -2.33. The Morgan fingerprint density at radius 1 is 1.40 bits per heavy atom. The summed E-state index contributed by atoms with van der Waals surface area (Å²) in [6, 6.07) is 6.95. The predicted octanol–water partition coefficient (Wildman–Crippen LogP) is 3.46. The van der Waals surface area contributed by atoms with Crippen molar-refractivity contribution in [1.29, 1.82) is 0 Å². The summed E-state index contributed by atoms with van der Waals surface area (Å²) in [5.74, 6) is 0.00930. The summed E-state index contributed by atoms with van der Waals surface area (Å²) in [5, 5.41) is 13.4. The van der Waals surface area contributed by atoms with E-state index in [1.165, 1.54) is 49.7 Å². The highest BCUT2D eigenvalue weighted by molar-refractivity contribution is 8.00. The normalized spacial score (nSPS) is 19.4. The molecule has 1 aliphatic heterocycles. The minimum Gasteiger partial charge on any atom is -0.355 e. The second kappa shape index (κ2) is 9.77. The second-order valence-electron chi connectivity index (χ2n) is 6.54. The van der Waals surface area contributed by atoms with Gasteiger partial charge in [0, 0.05) is 36.2 Å². The number of nitro benzene ring substituents is 1. The Bertz CT molecular complexity index is 579. The Balaban J connectivity index is 1.68. The van der Waals surface area contributed by atoms with Crippen molar-refractivity contribution in [2.75, 3.05) is 19.6 Å². The Morgan fingerprint density at radius 3 is 2.76 bits per heavy atom. The Morgan fingerprint density at radius 2 is 2.12 bits per heavy atom. The smallest absolute Gasteiger partial charge is 0.269 e. The molecule has 1 N–H and O–H groups in total. The monoisotopic (exact) mass is 365 g/mol. The largest absolute Gasteiger partial charge is 0.355 e. The summed E-state index contributed by atoms with van der Waals surface area (Å²) < 4.78 is 0. The van der Waals surface area contributed by atoms with Crippen LogP contribution in [-0.4, -0.2) is 46.7 Å². The Labute approximate surface area is 153 Å². The van der Waals surface area contributed by atoms with Crippen molar-refractivity contribution in [2.45, 2.75) is 55.7 Å². The average Bonchev–Trinajstić information content (AvgIpc) is 2.60. The van der Waals surface area contributed by atoms with E-state index in [-0.39, 0.29) is 16.8 Å². The first kappa shape index (κ1) is 19.7. The second-order valence-corrected chi connectivity index (χ2v) is 7.95. The number of hydrogen-bond acceptors (Lipinski definition) is 5. The van der Waals surface area contributed by atoms with Crippen LogP contribution in [0.1, 0.15) is 39.5 Å². The number of nitrogens with one attached hydrogen (secondary N) is 1. The van der Waals surface area contributed by atoms with Crippen LogP contribution in [0.4, 0.5) is 5.69 Å². The summed E-state index contributed by atoms with van der Waals surface area (Å²) in [7, 11) is 0. The zero-order chi connectivity index (χ0) is 18.2. The zero-order valence-corrected chi connectivity index (χ0v) is 15.8. The van der Waals surface area contributed by atoms with Crippen molar-refractivity contribution in [3.05, 3.63) is 34.4 Å². The van der Waals surface area contributed by atoms with Gasteiger partial charge in [-0.2, -0.15) is 0 Å². The van der Waals surface area contributed by atoms with Crippen LogP contribution in [0.25, 0.3) is 0 Å². The molecule has 1 aromatic rings. The van der Waals surface area contributed by atoms with E-state index < -0.39 is 4.92 Å². The number of nitrogens with zero attached hydrogens (tertiary/aromatic N) is 2. The van der Waals surface area contributed by atoms with Gasteiger partial charge in [0.15, 0.2) is 0 Å². The molecule has 0 aliphatic carbocycles. The van der Waals surface area contributed by atoms with Crippen LogP contribution in [-0.2, 0) is 4.79 Å². The molecule has 0 unspecified atom stereocenters. The van der Waals surface area contributed by atoms with Crippen molar-refractivity contribution >= 4 is 23.4 Å². The van der Waals surface area contributed by atoms with E-state index in [9.17, 15) is 14.9 Å². The van der Waals surface area contributed by atoms with Gasteiger partial charge in [0.2, 0.25) is 5.91 Å². The Hall–Kier alpha value is -1.60. The SMILES string of the molecule is C[C@@H](Sc1ccc([N+](=O)[O-])cc1)C(=O)NCCCN1CCCC[C@@H]1C. The first-order chi connectivity index (χ1) is 12.0. The molecule has 2 rings (SSSR count). The Kier molecular flexibility index (Phi) is 7.71. The van der Waals surface area contributed by atoms with Crippen molar-refractivity contribution in [1.82, 2.24) is 10.2 Å². The van der Waals surface area contributed by atoms with E-state index >= 15 is 0 Å². The third kappa shape index (κ3) is 6.32. The van der Waals surface area contributed by atoms with Gasteiger partial charge in [-0.3, -0.25) is 14.9 Å². The van der Waals surface area contributed by atoms with Gasteiger partial charge in [0.05, 0.1) is 10.2 Å². The van der Waals surface area contributed by atoms with Gasteiger partial charge in [-0.25, -0.2) is 0 Å². The number of benzene rings is 1. The summed E-state index contributed by atoms with van der Waals surface area (Å²) in [4.78, 5) is 25.8. The van der Waals surface area contributed by atoms with Gasteiger partial charge in [-0.15, -0.1) is 11.8 Å². The summed E-state index contributed by atoms with van der Waals surface area (Å²) >= 11 is 1.41. The molecule has 138 valence electrons. The van der Waals surface area contributed by atoms with Crippen LogP contribution in [0.2, 0.25) is 0 Å². The summed E-state index contributed by atoms with van der Waals surface area (Å²) in [6.07, 6.45) is 4.84. The van der Waals surface area contributed by atoms with Crippen LogP contribution >= 0.6 is 11.8 Å². The number of rotatable bonds is 8. The molecule has 1 aliphatic rings. The molecule has 2 atom stereocenters. The first-order valence-corrected chi connectivity index (χ1v) is 9.78. The molecule has 25 heavy (non-hydrogen) atoms. The molecule has 0 radical (unpaired) electrons. The molecule has 0 bridgehead atoms. The number of likely N-dealkylation sites (tertiary alicyclic amines) is 1. The topological polar surface area (TPSA) is 75.5 Å². The van der Waals surface area contributed by atoms with Crippen molar-refractivity contribution in [3.63, 3.8) is 0 Å². The van der Waals surface area contributed by atoms with Gasteiger partial charge < -0.3 is 10.2 Å². The van der Waals surface area contributed by atoms with Gasteiger partial charge in [0.1, 0.15) is 0 Å². The van der Waals surface area contributed by atoms with E-state index in [4.69, 9.17) is 0 Å². The number of nitro groups is 1. The molecule has 1 saturated heterocycles. The molecule has 6 nitrogen and oxygen atoms in total. The number of carbonyl (C=O) groups is 1. The lowest BCUT2D eigenvalue weighted by Crippen LogP contribution is -2.39. The van der Waals surface area contributed by atoms with E-state index in [0.29, 0.717) is 12.6 Å². The molecule has 0 spiro atoms. The van der Waals surface area contributed by atoms with Gasteiger partial charge in [0.25, 0.3) is 5.69 Å². The van der Waals surface area contributed by atoms with Crippen molar-refractivity contribution in [3.8, 4) is 0 Å². The molecule has 1 fully saturated rings. The number of non-ortho nitro benzene ring substituents is 1. The first-order valence-electron chi connectivity index (χ1n) is 8.90. The van der Waals surface area contributed by atoms with Gasteiger partial charge in [-0.1, -0.05) is 6.42 Å². The van der Waals surface area contributed by atoms with Gasteiger partial charge >= 0.3 is 0 Å². The number of amides is 1. The quantitative estimate of drug-likeness (QED) is 0.330. The molecule has 1 amide bonds. The molecule has 0 aromatic heterocycles. The standard InChI is InChI=1S/C18H27N3O3S/c1-14-6-3-4-12-20(14)13-5-11-19-18(22)15(2)25-17-9-7-16(8-10-17)21(23)24/h7-10,14-15H,3-6,11-13H2,1-2H3,(H,19,22)/t14-,15+/m0/s1. The molecule has 0 saturated carbocycles. The lowest BCUT2D eigenvalue weighted by molar-refractivity contribution is -0.384. The lowest BCUT2D eigenvalue weighted by atomic mass is 10.0.